The molecule has 15 heavy (non-hydrogen) atoms. The van der Waals surface area contributed by atoms with Gasteiger partial charge in [0.2, 0.25) is 0 Å². The monoisotopic (exact) mass is 201 g/mol. The first kappa shape index (κ1) is 9.53. The molecule has 0 amide bonds. The second-order valence-electron chi connectivity index (χ2n) is 3.44. The van der Waals surface area contributed by atoms with Gasteiger partial charge in [-0.05, 0) is 26.0 Å². The number of aryl methyl sites for hydroxylation is 2. The van der Waals surface area contributed by atoms with Crippen molar-refractivity contribution >= 4 is 0 Å². The third-order valence-electron chi connectivity index (χ3n) is 2.40. The zero-order valence-corrected chi connectivity index (χ0v) is 8.90. The van der Waals surface area contributed by atoms with Gasteiger partial charge in [-0.3, -0.25) is 0 Å². The van der Waals surface area contributed by atoms with Gasteiger partial charge in [0.1, 0.15) is 23.3 Å². The highest BCUT2D eigenvalue weighted by Gasteiger charge is 2.16. The van der Waals surface area contributed by atoms with E-state index < -0.39 is 0 Å². The Morgan fingerprint density at radius 3 is 2.67 bits per heavy atom. The molecule has 0 aliphatic rings. The van der Waals surface area contributed by atoms with Crippen LogP contribution in [-0.2, 0) is 7.05 Å². The summed E-state index contributed by atoms with van der Waals surface area (Å²) in [5, 5.41) is 8.96. The maximum atomic E-state index is 8.96. The number of hydrogen-bond donors (Lipinski definition) is 0. The molecule has 0 aliphatic heterocycles. The van der Waals surface area contributed by atoms with Crippen molar-refractivity contribution in [2.75, 3.05) is 0 Å². The zero-order chi connectivity index (χ0) is 11.0. The molecular weight excluding hydrogens is 190 g/mol. The Balaban J connectivity index is 2.67. The lowest BCUT2D eigenvalue weighted by molar-refractivity contribution is 0.543. The molecule has 0 radical (unpaired) electrons. The first-order valence-electron chi connectivity index (χ1n) is 4.63. The van der Waals surface area contributed by atoms with Crippen LogP contribution in [0.4, 0.5) is 0 Å². The zero-order valence-electron chi connectivity index (χ0n) is 8.90. The summed E-state index contributed by atoms with van der Waals surface area (Å²) in [6.07, 6.45) is 0. The van der Waals surface area contributed by atoms with Crippen LogP contribution in [0.5, 0.6) is 0 Å². The van der Waals surface area contributed by atoms with Gasteiger partial charge in [-0.15, -0.1) is 0 Å². The minimum Gasteiger partial charge on any atom is -0.460 e. The van der Waals surface area contributed by atoms with Gasteiger partial charge >= 0.3 is 0 Å². The second-order valence-corrected chi connectivity index (χ2v) is 3.44. The number of nitriles is 1. The van der Waals surface area contributed by atoms with Crippen molar-refractivity contribution in [3.05, 3.63) is 29.4 Å². The number of furan rings is 1. The lowest BCUT2D eigenvalue weighted by Gasteiger charge is -1.99. The molecule has 0 aromatic carbocycles. The van der Waals surface area contributed by atoms with E-state index in [0.717, 1.165) is 17.3 Å². The Kier molecular flexibility index (Phi) is 2.09. The smallest absolute Gasteiger partial charge is 0.170 e. The van der Waals surface area contributed by atoms with Crippen LogP contribution in [0.2, 0.25) is 0 Å². The summed E-state index contributed by atoms with van der Waals surface area (Å²) in [7, 11) is 1.87. The molecule has 0 spiro atoms. The molecule has 2 aromatic heterocycles. The first-order valence-corrected chi connectivity index (χ1v) is 4.63. The summed E-state index contributed by atoms with van der Waals surface area (Å²) in [4.78, 5) is 4.16. The van der Waals surface area contributed by atoms with Crippen molar-refractivity contribution in [3.8, 4) is 17.5 Å². The van der Waals surface area contributed by atoms with Gasteiger partial charge in [-0.1, -0.05) is 0 Å². The molecule has 2 heterocycles. The summed E-state index contributed by atoms with van der Waals surface area (Å²) in [5.41, 5.74) is 1.15. The number of aromatic nitrogens is 2. The fourth-order valence-electron chi connectivity index (χ4n) is 1.53. The number of nitrogens with zero attached hydrogens (tertiary/aromatic N) is 3. The number of rotatable bonds is 1. The van der Waals surface area contributed by atoms with Gasteiger partial charge in [0.05, 0.1) is 0 Å². The van der Waals surface area contributed by atoms with Crippen molar-refractivity contribution in [3.63, 3.8) is 0 Å². The van der Waals surface area contributed by atoms with Crippen LogP contribution in [-0.4, -0.2) is 9.55 Å². The van der Waals surface area contributed by atoms with Gasteiger partial charge in [-0.2, -0.15) is 5.26 Å². The molecule has 0 fully saturated rings. The van der Waals surface area contributed by atoms with Crippen molar-refractivity contribution in [1.29, 1.82) is 5.26 Å². The Morgan fingerprint density at radius 1 is 1.40 bits per heavy atom. The van der Waals surface area contributed by atoms with Crippen molar-refractivity contribution in [2.45, 2.75) is 13.8 Å². The quantitative estimate of drug-likeness (QED) is 0.710. The fourth-order valence-corrected chi connectivity index (χ4v) is 1.53. The van der Waals surface area contributed by atoms with Crippen LogP contribution >= 0.6 is 0 Å². The molecule has 0 bridgehead atoms. The highest BCUT2D eigenvalue weighted by Crippen LogP contribution is 2.25. The van der Waals surface area contributed by atoms with Crippen LogP contribution in [0, 0.1) is 25.2 Å². The van der Waals surface area contributed by atoms with E-state index in [2.05, 4.69) is 11.1 Å². The predicted octanol–water partition coefficient (Wildman–Crippen LogP) is 2.17. The largest absolute Gasteiger partial charge is 0.460 e. The highest BCUT2D eigenvalue weighted by atomic mass is 16.3. The van der Waals surface area contributed by atoms with E-state index in [1.165, 1.54) is 0 Å². The second kappa shape index (κ2) is 3.28. The molecular formula is C11H11N3O. The summed E-state index contributed by atoms with van der Waals surface area (Å²) >= 11 is 0. The maximum Gasteiger partial charge on any atom is 0.170 e. The van der Waals surface area contributed by atoms with Gasteiger partial charge in [0.15, 0.2) is 11.5 Å². The van der Waals surface area contributed by atoms with Gasteiger partial charge in [0.25, 0.3) is 0 Å². The minimum atomic E-state index is 0.407. The van der Waals surface area contributed by atoms with Crippen molar-refractivity contribution < 1.29 is 4.42 Å². The summed E-state index contributed by atoms with van der Waals surface area (Å²) in [6.45, 7) is 3.74. The van der Waals surface area contributed by atoms with Gasteiger partial charge in [-0.25, -0.2) is 4.98 Å². The van der Waals surface area contributed by atoms with E-state index in [9.17, 15) is 0 Å². The van der Waals surface area contributed by atoms with Crippen LogP contribution in [0.25, 0.3) is 11.5 Å². The molecule has 2 aromatic rings. The van der Waals surface area contributed by atoms with Crippen molar-refractivity contribution in [2.24, 2.45) is 7.05 Å². The van der Waals surface area contributed by atoms with E-state index in [4.69, 9.17) is 9.68 Å². The Labute approximate surface area is 87.8 Å². The number of hydrogen-bond acceptors (Lipinski definition) is 3. The molecule has 76 valence electrons. The summed E-state index contributed by atoms with van der Waals surface area (Å²) in [5.74, 6) is 2.32. The SMILES string of the molecule is Cc1ccc(-c2c(C#N)nc(C)n2C)o1. The van der Waals surface area contributed by atoms with Crippen molar-refractivity contribution in [1.82, 2.24) is 9.55 Å². The molecule has 0 atom stereocenters. The topological polar surface area (TPSA) is 54.8 Å². The third kappa shape index (κ3) is 1.42. The standard InChI is InChI=1S/C11H11N3O/c1-7-4-5-10(15-7)11-9(6-12)13-8(2)14(11)3/h4-5H,1-3H3. The molecule has 0 N–H and O–H groups in total. The van der Waals surface area contributed by atoms with Crippen LogP contribution in [0.1, 0.15) is 17.3 Å². The molecule has 0 aliphatic carbocycles. The van der Waals surface area contributed by atoms with E-state index >= 15 is 0 Å². The minimum absolute atomic E-state index is 0.407. The Morgan fingerprint density at radius 2 is 2.13 bits per heavy atom. The average molecular weight is 201 g/mol. The molecule has 4 heteroatoms. The maximum absolute atomic E-state index is 8.96. The normalized spacial score (nSPS) is 10.3. The molecule has 4 nitrogen and oxygen atoms in total. The number of imidazole rings is 1. The molecule has 0 saturated heterocycles. The van der Waals surface area contributed by atoms with E-state index in [1.54, 1.807) is 0 Å². The lowest BCUT2D eigenvalue weighted by atomic mass is 10.2. The summed E-state index contributed by atoms with van der Waals surface area (Å²) < 4.78 is 7.35. The molecule has 0 saturated carbocycles. The van der Waals surface area contributed by atoms with Crippen LogP contribution < -0.4 is 0 Å². The Bertz CT molecular complexity index is 543. The first-order chi connectivity index (χ1) is 7.13. The predicted molar refractivity (Wildman–Crippen MR) is 55.1 cm³/mol. The summed E-state index contributed by atoms with van der Waals surface area (Å²) in [6, 6.07) is 5.80. The van der Waals surface area contributed by atoms with Crippen LogP contribution in [0.15, 0.2) is 16.5 Å². The lowest BCUT2D eigenvalue weighted by Crippen LogP contribution is -1.93. The average Bonchev–Trinajstić information content (AvgIpc) is 2.73. The third-order valence-corrected chi connectivity index (χ3v) is 2.40. The van der Waals surface area contributed by atoms with Gasteiger partial charge in [0, 0.05) is 7.05 Å². The van der Waals surface area contributed by atoms with E-state index in [-0.39, 0.29) is 0 Å². The molecule has 2 rings (SSSR count). The van der Waals surface area contributed by atoms with Gasteiger partial charge < -0.3 is 8.98 Å². The van der Waals surface area contributed by atoms with Crippen LogP contribution in [0.3, 0.4) is 0 Å². The molecule has 0 unspecified atom stereocenters. The fraction of sp³-hybridized carbons (Fsp3) is 0.273. The highest BCUT2D eigenvalue weighted by molar-refractivity contribution is 5.61. The Hall–Kier alpha value is -2.02. The van der Waals surface area contributed by atoms with E-state index in [1.807, 2.05) is 37.6 Å². The van der Waals surface area contributed by atoms with E-state index in [0.29, 0.717) is 11.5 Å².